The van der Waals surface area contributed by atoms with Crippen molar-refractivity contribution in [2.45, 2.75) is 32.7 Å². The smallest absolute Gasteiger partial charge is 0.0785 e. The average Bonchev–Trinajstić information content (AvgIpc) is 1.84. The van der Waals surface area contributed by atoms with Gasteiger partial charge in [-0.1, -0.05) is 13.8 Å². The van der Waals surface area contributed by atoms with Crippen molar-refractivity contribution in [2.75, 3.05) is 14.3 Å². The van der Waals surface area contributed by atoms with Crippen LogP contribution in [0.25, 0.3) is 0 Å². The number of nitrogens with one attached hydrogen (secondary N) is 1. The van der Waals surface area contributed by atoms with Crippen molar-refractivity contribution in [3.63, 3.8) is 0 Å². The molecular formula is C7H18FNO. The van der Waals surface area contributed by atoms with Crippen molar-refractivity contribution in [1.82, 2.24) is 5.48 Å². The number of hydrogen-bond acceptors (Lipinski definition) is 2. The summed E-state index contributed by atoms with van der Waals surface area (Å²) in [6.45, 7) is 0. The number of rotatable bonds is 2. The van der Waals surface area contributed by atoms with Crippen molar-refractivity contribution >= 4 is 0 Å². The van der Waals surface area contributed by atoms with Crippen LogP contribution in [-0.2, 0) is 4.84 Å². The number of halogens is 1. The van der Waals surface area contributed by atoms with Crippen LogP contribution in [0, 0.1) is 0 Å². The molecule has 0 amide bonds. The van der Waals surface area contributed by atoms with Crippen LogP contribution in [0.3, 0.4) is 0 Å². The highest BCUT2D eigenvalue weighted by Gasteiger charge is 2.15. The molecule has 0 radical (unpaired) electrons. The maximum Gasteiger partial charge on any atom is 0.0785 e. The second-order valence-electron chi connectivity index (χ2n) is 1.95. The third-order valence-corrected chi connectivity index (χ3v) is 1.39. The molecule has 64 valence electrons. The Labute approximate surface area is 62.7 Å². The molecule has 0 unspecified atom stereocenters. The standard InChI is InChI=1S/C5H11NO.CH3F.CH4/c1-7-6-5-3-2-4-5;1-2;/h5-6H,2-4H2,1H3;1H3;1H4/i;2-1;. The Hall–Kier alpha value is -0.150. The molecule has 0 heterocycles. The Kier molecular flexibility index (Phi) is 11.1. The van der Waals surface area contributed by atoms with Crippen LogP contribution in [-0.4, -0.2) is 20.3 Å². The number of hydroxylamine groups is 1. The van der Waals surface area contributed by atoms with Crippen LogP contribution in [0.5, 0.6) is 0 Å². The molecule has 0 aromatic carbocycles. The SMILES string of the molecule is C.CONC1CCC1.C[18F]. The molecule has 1 rings (SSSR count). The van der Waals surface area contributed by atoms with Gasteiger partial charge in [0.1, 0.15) is 0 Å². The quantitative estimate of drug-likeness (QED) is 0.607. The summed E-state index contributed by atoms with van der Waals surface area (Å²) in [7, 11) is 2.16. The van der Waals surface area contributed by atoms with Gasteiger partial charge in [-0.3, -0.25) is 4.39 Å². The topological polar surface area (TPSA) is 21.3 Å². The highest BCUT2D eigenvalue weighted by molar-refractivity contribution is 4.72. The van der Waals surface area contributed by atoms with E-state index in [-0.39, 0.29) is 7.43 Å². The van der Waals surface area contributed by atoms with Crippen molar-refractivity contribution in [2.24, 2.45) is 0 Å². The summed E-state index contributed by atoms with van der Waals surface area (Å²) in [5.74, 6) is 0. The molecule has 3 heteroatoms. The van der Waals surface area contributed by atoms with E-state index >= 15 is 0 Å². The first-order valence-electron chi connectivity index (χ1n) is 3.10. The summed E-state index contributed by atoms with van der Waals surface area (Å²) in [5, 5.41) is 0. The van der Waals surface area contributed by atoms with Gasteiger partial charge >= 0.3 is 0 Å². The summed E-state index contributed by atoms with van der Waals surface area (Å²) in [6, 6.07) is 0.657. The predicted octanol–water partition coefficient (Wildman–Crippen LogP) is 1.91. The minimum atomic E-state index is 0. The molecular weight excluding hydrogens is 132 g/mol. The van der Waals surface area contributed by atoms with E-state index in [4.69, 9.17) is 4.84 Å². The van der Waals surface area contributed by atoms with Gasteiger partial charge < -0.3 is 4.84 Å². The van der Waals surface area contributed by atoms with E-state index in [1.165, 1.54) is 19.3 Å². The lowest BCUT2D eigenvalue weighted by Crippen LogP contribution is -2.33. The molecule has 1 aliphatic rings. The molecule has 0 atom stereocenters. The molecule has 0 aromatic heterocycles. The highest BCUT2D eigenvalue weighted by Crippen LogP contribution is 2.17. The van der Waals surface area contributed by atoms with Crippen molar-refractivity contribution in [1.29, 1.82) is 0 Å². The lowest BCUT2D eigenvalue weighted by atomic mass is 9.94. The lowest BCUT2D eigenvalue weighted by molar-refractivity contribution is 0.0358. The second kappa shape index (κ2) is 8.85. The fourth-order valence-electron chi connectivity index (χ4n) is 0.693. The first-order chi connectivity index (χ1) is 4.43. The van der Waals surface area contributed by atoms with E-state index in [1.807, 2.05) is 0 Å². The van der Waals surface area contributed by atoms with Gasteiger partial charge in [0.25, 0.3) is 0 Å². The van der Waals surface area contributed by atoms with Crippen LogP contribution in [0.1, 0.15) is 26.7 Å². The third kappa shape index (κ3) is 4.70. The van der Waals surface area contributed by atoms with Gasteiger partial charge in [0.2, 0.25) is 0 Å². The van der Waals surface area contributed by atoms with Gasteiger partial charge in [0.15, 0.2) is 0 Å². The van der Waals surface area contributed by atoms with Crippen LogP contribution < -0.4 is 5.48 Å². The molecule has 1 N–H and O–H groups in total. The first kappa shape index (κ1) is 12.5. The van der Waals surface area contributed by atoms with Crippen molar-refractivity contribution in [3.8, 4) is 0 Å². The van der Waals surface area contributed by atoms with Gasteiger partial charge in [0.05, 0.1) is 14.3 Å². The Balaban J connectivity index is 0. The molecule has 0 saturated heterocycles. The number of alkyl halides is 1. The van der Waals surface area contributed by atoms with Gasteiger partial charge in [-0.15, -0.1) is 0 Å². The minimum Gasteiger partial charge on any atom is -0.305 e. The maximum atomic E-state index is 9.50. The first-order valence-corrected chi connectivity index (χ1v) is 3.10. The van der Waals surface area contributed by atoms with Crippen LogP contribution >= 0.6 is 0 Å². The van der Waals surface area contributed by atoms with E-state index in [9.17, 15) is 4.39 Å². The molecule has 0 aromatic rings. The summed E-state index contributed by atoms with van der Waals surface area (Å²) >= 11 is 0. The Bertz CT molecular complexity index is 57.6. The minimum absolute atomic E-state index is 0. The van der Waals surface area contributed by atoms with E-state index in [0.717, 1.165) is 0 Å². The zero-order chi connectivity index (χ0) is 7.11. The van der Waals surface area contributed by atoms with Crippen LogP contribution in [0.15, 0.2) is 0 Å². The average molecular weight is 150 g/mol. The molecule has 0 bridgehead atoms. The molecule has 1 fully saturated rings. The Morgan fingerprint density at radius 1 is 1.40 bits per heavy atom. The molecule has 0 spiro atoms. The Morgan fingerprint density at radius 3 is 2.00 bits per heavy atom. The predicted molar refractivity (Wildman–Crippen MR) is 41.5 cm³/mol. The molecule has 10 heavy (non-hydrogen) atoms. The normalized spacial score (nSPS) is 15.9. The van der Waals surface area contributed by atoms with Crippen LogP contribution in [0.2, 0.25) is 0 Å². The van der Waals surface area contributed by atoms with E-state index in [1.54, 1.807) is 7.11 Å². The summed E-state index contributed by atoms with van der Waals surface area (Å²) in [5.41, 5.74) is 2.88. The summed E-state index contributed by atoms with van der Waals surface area (Å²) in [6.07, 6.45) is 3.93. The van der Waals surface area contributed by atoms with Crippen molar-refractivity contribution < 1.29 is 9.23 Å². The Morgan fingerprint density at radius 2 is 1.90 bits per heavy atom. The van der Waals surface area contributed by atoms with E-state index in [2.05, 4.69) is 5.48 Å². The fourth-order valence-corrected chi connectivity index (χ4v) is 0.693. The van der Waals surface area contributed by atoms with Crippen molar-refractivity contribution in [3.05, 3.63) is 0 Å². The largest absolute Gasteiger partial charge is 0.305 e. The molecule has 1 saturated carbocycles. The molecule has 1 aliphatic carbocycles. The van der Waals surface area contributed by atoms with Crippen LogP contribution in [0.4, 0.5) is 4.39 Å². The van der Waals surface area contributed by atoms with Gasteiger partial charge in [-0.2, -0.15) is 5.48 Å². The second-order valence-corrected chi connectivity index (χ2v) is 1.95. The fraction of sp³-hybridized carbons (Fsp3) is 1.00. The number of hydrogen-bond donors (Lipinski definition) is 1. The van der Waals surface area contributed by atoms with E-state index in [0.29, 0.717) is 13.2 Å². The lowest BCUT2D eigenvalue weighted by Gasteiger charge is -2.24. The van der Waals surface area contributed by atoms with Gasteiger partial charge in [-0.25, -0.2) is 0 Å². The molecule has 0 aliphatic heterocycles. The monoisotopic (exact) mass is 150 g/mol. The van der Waals surface area contributed by atoms with Gasteiger partial charge in [-0.05, 0) is 12.8 Å². The summed E-state index contributed by atoms with van der Waals surface area (Å²) < 4.78 is 9.50. The zero-order valence-electron chi connectivity index (χ0n) is 5.98. The third-order valence-electron chi connectivity index (χ3n) is 1.39. The zero-order valence-corrected chi connectivity index (χ0v) is 5.98. The summed E-state index contributed by atoms with van der Waals surface area (Å²) in [4.78, 5) is 4.70. The molecule has 2 nitrogen and oxygen atoms in total. The maximum absolute atomic E-state index is 9.50. The van der Waals surface area contributed by atoms with E-state index < -0.39 is 0 Å². The van der Waals surface area contributed by atoms with Gasteiger partial charge in [0, 0.05) is 6.04 Å². The highest BCUT2D eigenvalue weighted by atomic mass is 18.2.